The predicted octanol–water partition coefficient (Wildman–Crippen LogP) is 3.64. The van der Waals surface area contributed by atoms with Crippen molar-refractivity contribution in [2.75, 3.05) is 24.7 Å². The average molecular weight is 478 g/mol. The second-order valence-electron chi connectivity index (χ2n) is 9.29. The number of anilines is 1. The molecule has 2 aromatic heterocycles. The Bertz CT molecular complexity index is 1270. The molecule has 186 valence electrons. The van der Waals surface area contributed by atoms with Crippen LogP contribution >= 0.6 is 0 Å². The molecule has 4 rings (SSSR count). The summed E-state index contributed by atoms with van der Waals surface area (Å²) in [6.07, 6.45) is 5.77. The maximum absolute atomic E-state index is 13.3. The van der Waals surface area contributed by atoms with Crippen LogP contribution in [0, 0.1) is 20.8 Å². The molecule has 3 heterocycles. The summed E-state index contributed by atoms with van der Waals surface area (Å²) < 4.78 is 7.40. The average Bonchev–Trinajstić information content (AvgIpc) is 3.26. The van der Waals surface area contributed by atoms with Gasteiger partial charge in [0.25, 0.3) is 11.5 Å². The second-order valence-corrected chi connectivity index (χ2v) is 9.29. The van der Waals surface area contributed by atoms with Crippen LogP contribution in [-0.4, -0.2) is 46.5 Å². The van der Waals surface area contributed by atoms with E-state index in [9.17, 15) is 9.59 Å². The lowest BCUT2D eigenvalue weighted by molar-refractivity contribution is 0.0846. The van der Waals surface area contributed by atoms with Gasteiger partial charge < -0.3 is 19.9 Å². The van der Waals surface area contributed by atoms with Crippen LogP contribution in [0.3, 0.4) is 0 Å². The first-order valence-corrected chi connectivity index (χ1v) is 12.2. The first-order chi connectivity index (χ1) is 16.8. The molecular weight excluding hydrogens is 442 g/mol. The zero-order chi connectivity index (χ0) is 25.1. The highest BCUT2D eigenvalue weighted by molar-refractivity contribution is 5.99. The zero-order valence-corrected chi connectivity index (χ0v) is 21.3. The molecule has 0 aliphatic carbocycles. The van der Waals surface area contributed by atoms with Crippen molar-refractivity contribution in [3.63, 3.8) is 0 Å². The van der Waals surface area contributed by atoms with Gasteiger partial charge in [-0.25, -0.2) is 0 Å². The third-order valence-electron chi connectivity index (χ3n) is 6.87. The molecule has 0 atom stereocenters. The van der Waals surface area contributed by atoms with Crippen molar-refractivity contribution in [2.24, 2.45) is 7.05 Å². The number of aryl methyl sites for hydroxylation is 3. The van der Waals surface area contributed by atoms with Crippen LogP contribution in [0.4, 0.5) is 5.69 Å². The number of nitrogens with one attached hydrogen (secondary N) is 2. The number of rotatable bonds is 7. The Morgan fingerprint density at radius 2 is 2.00 bits per heavy atom. The van der Waals surface area contributed by atoms with Crippen LogP contribution in [0.2, 0.25) is 0 Å². The summed E-state index contributed by atoms with van der Waals surface area (Å²) in [5.41, 5.74) is 6.76. The number of amides is 1. The summed E-state index contributed by atoms with van der Waals surface area (Å²) >= 11 is 0. The van der Waals surface area contributed by atoms with Crippen molar-refractivity contribution in [3.05, 3.63) is 68.9 Å². The molecule has 1 saturated heterocycles. The molecule has 35 heavy (non-hydrogen) atoms. The number of aromatic nitrogens is 3. The Morgan fingerprint density at radius 3 is 2.63 bits per heavy atom. The fourth-order valence-electron chi connectivity index (χ4n) is 5.07. The summed E-state index contributed by atoms with van der Waals surface area (Å²) in [6, 6.07) is 6.15. The normalized spacial score (nSPS) is 14.2. The van der Waals surface area contributed by atoms with Gasteiger partial charge in [-0.15, -0.1) is 0 Å². The molecule has 1 fully saturated rings. The minimum absolute atomic E-state index is 0.163. The van der Waals surface area contributed by atoms with Crippen LogP contribution in [0.5, 0.6) is 0 Å². The van der Waals surface area contributed by atoms with E-state index in [-0.39, 0.29) is 18.0 Å². The molecule has 2 N–H and O–H groups in total. The number of aromatic amines is 1. The van der Waals surface area contributed by atoms with E-state index in [0.29, 0.717) is 17.2 Å². The Balaban J connectivity index is 1.71. The molecule has 1 amide bonds. The minimum Gasteiger partial charge on any atom is -0.381 e. The molecular formula is C27H35N5O3. The van der Waals surface area contributed by atoms with E-state index in [2.05, 4.69) is 27.2 Å². The van der Waals surface area contributed by atoms with E-state index in [1.807, 2.05) is 58.4 Å². The number of carbonyl (C=O) groups is 1. The van der Waals surface area contributed by atoms with E-state index in [0.717, 1.165) is 66.2 Å². The summed E-state index contributed by atoms with van der Waals surface area (Å²) in [4.78, 5) is 31.0. The number of benzene rings is 1. The van der Waals surface area contributed by atoms with Gasteiger partial charge in [-0.05, 0) is 63.8 Å². The van der Waals surface area contributed by atoms with Gasteiger partial charge in [-0.1, -0.05) is 6.07 Å². The van der Waals surface area contributed by atoms with Crippen molar-refractivity contribution in [2.45, 2.75) is 53.1 Å². The van der Waals surface area contributed by atoms with Gasteiger partial charge in [0.1, 0.15) is 0 Å². The molecule has 1 aromatic carbocycles. The molecule has 0 saturated carbocycles. The minimum atomic E-state index is -0.191. The number of nitrogens with zero attached hydrogens (tertiary/aromatic N) is 3. The molecule has 0 spiro atoms. The fourth-order valence-corrected chi connectivity index (χ4v) is 5.07. The number of hydrogen-bond donors (Lipinski definition) is 2. The molecule has 0 bridgehead atoms. The van der Waals surface area contributed by atoms with Gasteiger partial charge >= 0.3 is 0 Å². The van der Waals surface area contributed by atoms with E-state index >= 15 is 0 Å². The maximum atomic E-state index is 13.3. The summed E-state index contributed by atoms with van der Waals surface area (Å²) in [7, 11) is 1.91. The second kappa shape index (κ2) is 10.5. The molecule has 3 aromatic rings. The predicted molar refractivity (Wildman–Crippen MR) is 138 cm³/mol. The van der Waals surface area contributed by atoms with Gasteiger partial charge in [0.2, 0.25) is 0 Å². The molecule has 8 heteroatoms. The number of pyridine rings is 1. The Hall–Kier alpha value is -3.39. The van der Waals surface area contributed by atoms with Gasteiger partial charge in [-0.3, -0.25) is 14.3 Å². The lowest BCUT2D eigenvalue weighted by atomic mass is 9.94. The molecule has 0 radical (unpaired) electrons. The molecule has 1 aliphatic heterocycles. The first-order valence-electron chi connectivity index (χ1n) is 12.2. The molecule has 8 nitrogen and oxygen atoms in total. The first kappa shape index (κ1) is 24.7. The summed E-state index contributed by atoms with van der Waals surface area (Å²) in [6.45, 7) is 10.4. The van der Waals surface area contributed by atoms with Crippen LogP contribution in [0.25, 0.3) is 11.1 Å². The van der Waals surface area contributed by atoms with Crippen molar-refractivity contribution in [1.29, 1.82) is 0 Å². The van der Waals surface area contributed by atoms with E-state index in [4.69, 9.17) is 4.74 Å². The van der Waals surface area contributed by atoms with Gasteiger partial charge in [0.15, 0.2) is 0 Å². The number of ether oxygens (including phenoxy) is 1. The highest BCUT2D eigenvalue weighted by Gasteiger charge is 2.27. The number of carbonyl (C=O) groups excluding carboxylic acids is 1. The van der Waals surface area contributed by atoms with Gasteiger partial charge in [0, 0.05) is 79.2 Å². The van der Waals surface area contributed by atoms with E-state index in [1.54, 1.807) is 4.68 Å². The van der Waals surface area contributed by atoms with Crippen LogP contribution in [-0.2, 0) is 18.3 Å². The number of hydrogen-bond acceptors (Lipinski definition) is 5. The Labute approximate surface area is 206 Å². The van der Waals surface area contributed by atoms with E-state index in [1.165, 1.54) is 0 Å². The van der Waals surface area contributed by atoms with E-state index < -0.39 is 0 Å². The fraction of sp³-hybridized carbons (Fsp3) is 0.444. The van der Waals surface area contributed by atoms with Crippen LogP contribution in [0.15, 0.2) is 35.4 Å². The van der Waals surface area contributed by atoms with Gasteiger partial charge in [-0.2, -0.15) is 5.10 Å². The smallest absolute Gasteiger partial charge is 0.253 e. The molecule has 1 aliphatic rings. The van der Waals surface area contributed by atoms with Crippen LogP contribution < -0.4 is 15.8 Å². The van der Waals surface area contributed by atoms with Gasteiger partial charge in [0.05, 0.1) is 6.20 Å². The topological polar surface area (TPSA) is 92.3 Å². The highest BCUT2D eigenvalue weighted by Crippen LogP contribution is 2.38. The highest BCUT2D eigenvalue weighted by atomic mass is 16.5. The third-order valence-corrected chi connectivity index (χ3v) is 6.87. The van der Waals surface area contributed by atoms with Crippen LogP contribution in [0.1, 0.15) is 52.5 Å². The third kappa shape index (κ3) is 5.17. The molecule has 0 unspecified atom stereocenters. The monoisotopic (exact) mass is 477 g/mol. The Kier molecular flexibility index (Phi) is 7.40. The van der Waals surface area contributed by atoms with Crippen molar-refractivity contribution < 1.29 is 9.53 Å². The number of H-pyrrole nitrogens is 1. The maximum Gasteiger partial charge on any atom is 0.253 e. The SMILES string of the molecule is CCN(c1c(-c2cnn(C)c2)ccc(C(=O)NCc2c(C)cc(C)[nH]c2=O)c1C)C1CCOCC1. The lowest BCUT2D eigenvalue weighted by Gasteiger charge is -2.37. The van der Waals surface area contributed by atoms with Crippen molar-refractivity contribution in [3.8, 4) is 11.1 Å². The lowest BCUT2D eigenvalue weighted by Crippen LogP contribution is -2.40. The van der Waals surface area contributed by atoms with Crippen molar-refractivity contribution in [1.82, 2.24) is 20.1 Å². The quantitative estimate of drug-likeness (QED) is 0.542. The summed E-state index contributed by atoms with van der Waals surface area (Å²) in [5.74, 6) is -0.191. The zero-order valence-electron chi connectivity index (χ0n) is 21.3. The standard InChI is InChI=1S/C27H35N5O3/c1-6-32(21-9-11-35-12-10-21)25-19(4)22(7-8-23(25)20-14-29-31(5)16-20)26(33)28-15-24-17(2)13-18(3)30-27(24)34/h7-8,13-14,16,21H,6,9-12,15H2,1-5H3,(H,28,33)(H,30,34). The largest absolute Gasteiger partial charge is 0.381 e. The Morgan fingerprint density at radius 1 is 1.26 bits per heavy atom. The van der Waals surface area contributed by atoms with Crippen molar-refractivity contribution >= 4 is 11.6 Å². The summed E-state index contributed by atoms with van der Waals surface area (Å²) in [5, 5.41) is 7.34.